The summed E-state index contributed by atoms with van der Waals surface area (Å²) < 4.78 is 24.3. The fourth-order valence-corrected chi connectivity index (χ4v) is 3.89. The van der Waals surface area contributed by atoms with Crippen molar-refractivity contribution in [3.05, 3.63) is 52.9 Å². The summed E-state index contributed by atoms with van der Waals surface area (Å²) >= 11 is 1.21. The van der Waals surface area contributed by atoms with Gasteiger partial charge in [-0.3, -0.25) is 0 Å². The van der Waals surface area contributed by atoms with Gasteiger partial charge in [-0.05, 0) is 29.1 Å². The van der Waals surface area contributed by atoms with Gasteiger partial charge in [0.25, 0.3) is 0 Å². The molecule has 0 bridgehead atoms. The fraction of sp³-hybridized carbons (Fsp3) is 0.0833. The Hall–Kier alpha value is -1.64. The maximum atomic E-state index is 12.0. The Morgan fingerprint density at radius 1 is 1.24 bits per heavy atom. The van der Waals surface area contributed by atoms with Gasteiger partial charge in [0.1, 0.15) is 4.21 Å². The summed E-state index contributed by atoms with van der Waals surface area (Å²) in [5.41, 5.74) is 1.11. The van der Waals surface area contributed by atoms with Gasteiger partial charge < -0.3 is 0 Å². The van der Waals surface area contributed by atoms with Gasteiger partial charge in [0.15, 0.2) is 9.84 Å². The van der Waals surface area contributed by atoms with Crippen LogP contribution in [0.1, 0.15) is 11.1 Å². The molecule has 0 aliphatic heterocycles. The Morgan fingerprint density at radius 3 is 2.71 bits per heavy atom. The third-order valence-electron chi connectivity index (χ3n) is 2.21. The first-order valence-electron chi connectivity index (χ1n) is 4.87. The summed E-state index contributed by atoms with van der Waals surface area (Å²) in [5, 5.41) is 10.5. The molecule has 0 spiro atoms. The number of nitrogens with zero attached hydrogens (tertiary/aromatic N) is 1. The summed E-state index contributed by atoms with van der Waals surface area (Å²) in [4.78, 5) is 0. The smallest absolute Gasteiger partial charge is 0.191 e. The summed E-state index contributed by atoms with van der Waals surface area (Å²) in [6, 6.07) is 12.0. The number of hydrogen-bond acceptors (Lipinski definition) is 4. The Labute approximate surface area is 104 Å². The molecule has 0 aliphatic rings. The highest BCUT2D eigenvalue weighted by molar-refractivity contribution is 7.92. The van der Waals surface area contributed by atoms with Crippen molar-refractivity contribution in [3.8, 4) is 6.07 Å². The van der Waals surface area contributed by atoms with Crippen molar-refractivity contribution in [2.24, 2.45) is 0 Å². The van der Waals surface area contributed by atoms with Crippen molar-refractivity contribution >= 4 is 21.2 Å². The van der Waals surface area contributed by atoms with Gasteiger partial charge >= 0.3 is 0 Å². The first-order valence-corrected chi connectivity index (χ1v) is 7.40. The van der Waals surface area contributed by atoms with E-state index in [1.807, 2.05) is 6.07 Å². The van der Waals surface area contributed by atoms with Gasteiger partial charge in [-0.2, -0.15) is 5.26 Å². The van der Waals surface area contributed by atoms with Crippen LogP contribution in [0.2, 0.25) is 0 Å². The Bertz CT molecular complexity index is 652. The van der Waals surface area contributed by atoms with Crippen LogP contribution in [0.15, 0.2) is 46.0 Å². The maximum absolute atomic E-state index is 12.0. The molecule has 5 heteroatoms. The molecule has 0 amide bonds. The highest BCUT2D eigenvalue weighted by atomic mass is 32.2. The largest absolute Gasteiger partial charge is 0.223 e. The lowest BCUT2D eigenvalue weighted by Crippen LogP contribution is -2.03. The number of sulfone groups is 1. The van der Waals surface area contributed by atoms with Crippen LogP contribution in [-0.4, -0.2) is 8.42 Å². The van der Waals surface area contributed by atoms with E-state index in [0.717, 1.165) is 0 Å². The lowest BCUT2D eigenvalue weighted by molar-refractivity contribution is 0.597. The first kappa shape index (κ1) is 11.8. The van der Waals surface area contributed by atoms with Crippen LogP contribution in [0.3, 0.4) is 0 Å². The molecule has 1 aromatic heterocycles. The second-order valence-corrected chi connectivity index (χ2v) is 6.67. The molecular formula is C12H9NO2S2. The molecule has 0 saturated carbocycles. The van der Waals surface area contributed by atoms with E-state index in [2.05, 4.69) is 0 Å². The van der Waals surface area contributed by atoms with Gasteiger partial charge in [-0.25, -0.2) is 8.42 Å². The van der Waals surface area contributed by atoms with Crippen LogP contribution in [0.5, 0.6) is 0 Å². The van der Waals surface area contributed by atoms with E-state index in [1.54, 1.807) is 41.8 Å². The first-order chi connectivity index (χ1) is 8.12. The zero-order valence-corrected chi connectivity index (χ0v) is 10.5. The Kier molecular flexibility index (Phi) is 3.27. The van der Waals surface area contributed by atoms with E-state index in [0.29, 0.717) is 15.3 Å². The van der Waals surface area contributed by atoms with Crippen molar-refractivity contribution < 1.29 is 8.42 Å². The van der Waals surface area contributed by atoms with Crippen LogP contribution in [0.4, 0.5) is 0 Å². The number of thiophene rings is 1. The van der Waals surface area contributed by atoms with Crippen LogP contribution in [-0.2, 0) is 15.6 Å². The van der Waals surface area contributed by atoms with Crippen LogP contribution in [0, 0.1) is 11.3 Å². The number of benzene rings is 1. The number of nitriles is 1. The Balaban J connectivity index is 2.30. The van der Waals surface area contributed by atoms with Crippen molar-refractivity contribution in [1.29, 1.82) is 5.26 Å². The van der Waals surface area contributed by atoms with E-state index in [-0.39, 0.29) is 5.75 Å². The molecule has 0 atom stereocenters. The van der Waals surface area contributed by atoms with Gasteiger partial charge in [0, 0.05) is 0 Å². The average Bonchev–Trinajstić information content (AvgIpc) is 2.83. The van der Waals surface area contributed by atoms with Crippen LogP contribution < -0.4 is 0 Å². The lowest BCUT2D eigenvalue weighted by atomic mass is 10.2. The topological polar surface area (TPSA) is 57.9 Å². The standard InChI is InChI=1S/C12H9NO2S2/c13-8-10-3-1-4-11(7-10)9-17(14,15)12-5-2-6-16-12/h1-7H,9H2. The molecule has 0 fully saturated rings. The lowest BCUT2D eigenvalue weighted by Gasteiger charge is -2.02. The van der Waals surface area contributed by atoms with Crippen LogP contribution >= 0.6 is 11.3 Å². The fourth-order valence-electron chi connectivity index (χ4n) is 1.46. The van der Waals surface area contributed by atoms with Crippen molar-refractivity contribution in [2.45, 2.75) is 9.96 Å². The summed E-state index contributed by atoms with van der Waals surface area (Å²) in [6.07, 6.45) is 0. The quantitative estimate of drug-likeness (QED) is 0.855. The molecule has 0 radical (unpaired) electrons. The zero-order chi connectivity index (χ0) is 12.3. The second-order valence-electron chi connectivity index (χ2n) is 3.50. The molecule has 17 heavy (non-hydrogen) atoms. The molecule has 1 heterocycles. The zero-order valence-electron chi connectivity index (χ0n) is 8.83. The molecule has 3 nitrogen and oxygen atoms in total. The molecule has 0 N–H and O–H groups in total. The third-order valence-corrected chi connectivity index (χ3v) is 5.39. The second kappa shape index (κ2) is 4.70. The molecule has 0 unspecified atom stereocenters. The van der Waals surface area contributed by atoms with E-state index in [4.69, 9.17) is 5.26 Å². The molecule has 2 aromatic rings. The highest BCUT2D eigenvalue weighted by Gasteiger charge is 2.16. The van der Waals surface area contributed by atoms with E-state index >= 15 is 0 Å². The van der Waals surface area contributed by atoms with E-state index < -0.39 is 9.84 Å². The van der Waals surface area contributed by atoms with E-state index in [9.17, 15) is 8.42 Å². The molecular weight excluding hydrogens is 254 g/mol. The van der Waals surface area contributed by atoms with Gasteiger partial charge in [0.05, 0.1) is 17.4 Å². The highest BCUT2D eigenvalue weighted by Crippen LogP contribution is 2.21. The third kappa shape index (κ3) is 2.73. The molecule has 0 aliphatic carbocycles. The minimum atomic E-state index is -3.29. The number of rotatable bonds is 3. The summed E-state index contributed by atoms with van der Waals surface area (Å²) in [6.45, 7) is 0. The predicted molar refractivity (Wildman–Crippen MR) is 66.4 cm³/mol. The SMILES string of the molecule is N#Cc1cccc(CS(=O)(=O)c2cccs2)c1. The number of hydrogen-bond donors (Lipinski definition) is 0. The summed E-state index contributed by atoms with van der Waals surface area (Å²) in [5.74, 6) is -0.0664. The van der Waals surface area contributed by atoms with Crippen molar-refractivity contribution in [1.82, 2.24) is 0 Å². The van der Waals surface area contributed by atoms with Gasteiger partial charge in [-0.15, -0.1) is 11.3 Å². The van der Waals surface area contributed by atoms with Crippen LogP contribution in [0.25, 0.3) is 0 Å². The molecule has 2 rings (SSSR count). The molecule has 1 aromatic carbocycles. The average molecular weight is 263 g/mol. The normalized spacial score (nSPS) is 11.0. The predicted octanol–water partition coefficient (Wildman–Crippen LogP) is 2.59. The summed E-state index contributed by atoms with van der Waals surface area (Å²) in [7, 11) is -3.29. The molecule has 0 saturated heterocycles. The van der Waals surface area contributed by atoms with Gasteiger partial charge in [-0.1, -0.05) is 18.2 Å². The van der Waals surface area contributed by atoms with Gasteiger partial charge in [0.2, 0.25) is 0 Å². The van der Waals surface area contributed by atoms with E-state index in [1.165, 1.54) is 11.3 Å². The minimum absolute atomic E-state index is 0.0664. The van der Waals surface area contributed by atoms with Crippen molar-refractivity contribution in [2.75, 3.05) is 0 Å². The maximum Gasteiger partial charge on any atom is 0.191 e. The minimum Gasteiger partial charge on any atom is -0.223 e. The molecule has 86 valence electrons. The Morgan fingerprint density at radius 2 is 2.06 bits per heavy atom. The monoisotopic (exact) mass is 263 g/mol. The van der Waals surface area contributed by atoms with Crippen molar-refractivity contribution in [3.63, 3.8) is 0 Å².